The van der Waals surface area contributed by atoms with Gasteiger partial charge in [0, 0.05) is 38.4 Å². The minimum absolute atomic E-state index is 0.0424. The van der Waals surface area contributed by atoms with Crippen molar-refractivity contribution in [3.63, 3.8) is 0 Å². The van der Waals surface area contributed by atoms with Gasteiger partial charge in [0.1, 0.15) is 5.39 Å². The summed E-state index contributed by atoms with van der Waals surface area (Å²) >= 11 is 1.51. The van der Waals surface area contributed by atoms with Crippen LogP contribution in [0.15, 0.2) is 40.4 Å². The van der Waals surface area contributed by atoms with Crippen LogP contribution < -0.4 is 10.9 Å². The number of ether oxygens (including phenoxy) is 1. The molecule has 0 aliphatic carbocycles. The number of benzene rings is 1. The normalized spacial score (nSPS) is 18.7. The summed E-state index contributed by atoms with van der Waals surface area (Å²) in [4.78, 5) is 32.8. The molecule has 1 fully saturated rings. The van der Waals surface area contributed by atoms with Crippen LogP contribution in [-0.4, -0.2) is 75.3 Å². The van der Waals surface area contributed by atoms with Gasteiger partial charge in [-0.25, -0.2) is 9.67 Å². The van der Waals surface area contributed by atoms with E-state index in [1.807, 2.05) is 31.2 Å². The minimum Gasteiger partial charge on any atom is -0.379 e. The number of carbonyl (C=O) groups excluding carboxylic acids is 1. The maximum Gasteiger partial charge on any atom is 0.265 e. The molecule has 0 bridgehead atoms. The molecule has 3 aromatic rings. The predicted molar refractivity (Wildman–Crippen MR) is 123 cm³/mol. The summed E-state index contributed by atoms with van der Waals surface area (Å²) in [5, 5.41) is 8.52. The largest absolute Gasteiger partial charge is 0.379 e. The van der Waals surface area contributed by atoms with Crippen molar-refractivity contribution in [2.45, 2.75) is 24.5 Å². The van der Waals surface area contributed by atoms with E-state index in [4.69, 9.17) is 9.72 Å². The number of aromatic nitrogens is 4. The van der Waals surface area contributed by atoms with Crippen molar-refractivity contribution in [3.8, 4) is 5.69 Å². The highest BCUT2D eigenvalue weighted by atomic mass is 32.2. The number of morpholine rings is 1. The second-order valence-corrected chi connectivity index (χ2v) is 9.16. The number of hydrogen-bond donors (Lipinski definition) is 1. The molecule has 2 aliphatic rings. The number of amides is 1. The molecule has 1 aromatic carbocycles. The topological polar surface area (TPSA) is 94.3 Å². The number of carbonyl (C=O) groups is 1. The van der Waals surface area contributed by atoms with Crippen LogP contribution in [0.2, 0.25) is 0 Å². The zero-order chi connectivity index (χ0) is 22.1. The minimum atomic E-state index is -0.204. The van der Waals surface area contributed by atoms with Crippen LogP contribution in [0.3, 0.4) is 0 Å². The lowest BCUT2D eigenvalue weighted by Crippen LogP contribution is -2.41. The summed E-state index contributed by atoms with van der Waals surface area (Å²) in [6, 6.07) is 7.73. The summed E-state index contributed by atoms with van der Waals surface area (Å²) in [5.74, 6) is 0.614. The van der Waals surface area contributed by atoms with Gasteiger partial charge >= 0.3 is 0 Å². The third-order valence-electron chi connectivity index (χ3n) is 5.89. The third-order valence-corrected chi connectivity index (χ3v) is 6.99. The Labute approximate surface area is 189 Å². The summed E-state index contributed by atoms with van der Waals surface area (Å²) in [6.45, 7) is 6.71. The van der Waals surface area contributed by atoms with Crippen LogP contribution in [0.4, 0.5) is 0 Å². The number of aryl methyl sites for hydroxylation is 1. The van der Waals surface area contributed by atoms with Gasteiger partial charge in [0.2, 0.25) is 5.91 Å². The maximum absolute atomic E-state index is 13.3. The Morgan fingerprint density at radius 3 is 2.97 bits per heavy atom. The summed E-state index contributed by atoms with van der Waals surface area (Å²) < 4.78 is 8.72. The first-order valence-corrected chi connectivity index (χ1v) is 11.9. The molecule has 0 saturated carbocycles. The van der Waals surface area contributed by atoms with E-state index in [1.165, 1.54) is 11.8 Å². The molecule has 1 N–H and O–H groups in total. The lowest BCUT2D eigenvalue weighted by atomic mass is 10.2. The van der Waals surface area contributed by atoms with Gasteiger partial charge in [-0.2, -0.15) is 5.10 Å². The average molecular weight is 455 g/mol. The standard InChI is InChI=1S/C22H26N6O3S/c1-15-3-2-4-16(11-15)28-20-18(13-24-28)21(30)27-17(14-32-22(27)25-20)12-19(29)23-5-6-26-7-9-31-10-8-26/h2-4,11,13,17H,5-10,12,14H2,1H3,(H,23,29). The van der Waals surface area contributed by atoms with Gasteiger partial charge in [-0.15, -0.1) is 0 Å². The van der Waals surface area contributed by atoms with Crippen LogP contribution in [0, 0.1) is 6.92 Å². The predicted octanol–water partition coefficient (Wildman–Crippen LogP) is 1.38. The molecular formula is C22H26N6O3S. The van der Waals surface area contributed by atoms with Crippen molar-refractivity contribution >= 4 is 28.7 Å². The van der Waals surface area contributed by atoms with Crippen molar-refractivity contribution in [3.05, 3.63) is 46.4 Å². The van der Waals surface area contributed by atoms with Crippen LogP contribution in [0.25, 0.3) is 16.7 Å². The second kappa shape index (κ2) is 9.05. The molecule has 10 heteroatoms. The molecular weight excluding hydrogens is 428 g/mol. The highest BCUT2D eigenvalue weighted by Crippen LogP contribution is 2.33. The Morgan fingerprint density at radius 2 is 2.16 bits per heavy atom. The Balaban J connectivity index is 1.31. The summed E-state index contributed by atoms with van der Waals surface area (Å²) in [7, 11) is 0. The van der Waals surface area contributed by atoms with Crippen molar-refractivity contribution < 1.29 is 9.53 Å². The van der Waals surface area contributed by atoms with Gasteiger partial charge in [0.15, 0.2) is 10.8 Å². The zero-order valence-electron chi connectivity index (χ0n) is 18.0. The first-order chi connectivity index (χ1) is 15.6. The fourth-order valence-corrected chi connectivity index (χ4v) is 5.32. The zero-order valence-corrected chi connectivity index (χ0v) is 18.8. The molecule has 168 valence electrons. The van der Waals surface area contributed by atoms with Gasteiger partial charge in [-0.1, -0.05) is 23.9 Å². The molecule has 4 heterocycles. The van der Waals surface area contributed by atoms with E-state index in [0.29, 0.717) is 28.5 Å². The van der Waals surface area contributed by atoms with Crippen LogP contribution >= 0.6 is 11.8 Å². The van der Waals surface area contributed by atoms with Crippen LogP contribution in [-0.2, 0) is 9.53 Å². The van der Waals surface area contributed by atoms with E-state index in [1.54, 1.807) is 15.4 Å². The monoisotopic (exact) mass is 454 g/mol. The number of fused-ring (bicyclic) bond motifs is 2. The van der Waals surface area contributed by atoms with Gasteiger partial charge in [0.05, 0.1) is 31.1 Å². The van der Waals surface area contributed by atoms with E-state index in [0.717, 1.165) is 44.1 Å². The van der Waals surface area contributed by atoms with Gasteiger partial charge in [-0.05, 0) is 24.6 Å². The van der Waals surface area contributed by atoms with E-state index in [2.05, 4.69) is 15.3 Å². The Bertz CT molecular complexity index is 1200. The first kappa shape index (κ1) is 21.2. The molecule has 2 aliphatic heterocycles. The maximum atomic E-state index is 13.3. The molecule has 1 atom stereocenters. The van der Waals surface area contributed by atoms with Crippen LogP contribution in [0.1, 0.15) is 18.0 Å². The van der Waals surface area contributed by atoms with Crippen molar-refractivity contribution in [1.29, 1.82) is 0 Å². The number of thioether (sulfide) groups is 1. The SMILES string of the molecule is Cc1cccc(-n2ncc3c(=O)n4c(nc32)SCC4CC(=O)NCCN2CCOCC2)c1. The molecule has 2 aromatic heterocycles. The second-order valence-electron chi connectivity index (χ2n) is 8.18. The molecule has 32 heavy (non-hydrogen) atoms. The van der Waals surface area contributed by atoms with Gasteiger partial charge in [-0.3, -0.25) is 19.1 Å². The average Bonchev–Trinajstić information content (AvgIpc) is 3.39. The van der Waals surface area contributed by atoms with E-state index in [-0.39, 0.29) is 23.9 Å². The first-order valence-electron chi connectivity index (χ1n) is 10.9. The van der Waals surface area contributed by atoms with E-state index in [9.17, 15) is 9.59 Å². The number of nitrogens with one attached hydrogen (secondary N) is 1. The molecule has 0 spiro atoms. The Kier molecular flexibility index (Phi) is 5.99. The van der Waals surface area contributed by atoms with Crippen LogP contribution in [0.5, 0.6) is 0 Å². The summed E-state index contributed by atoms with van der Waals surface area (Å²) in [6.07, 6.45) is 1.84. The van der Waals surface area contributed by atoms with E-state index >= 15 is 0 Å². The Morgan fingerprint density at radius 1 is 1.31 bits per heavy atom. The fraction of sp³-hybridized carbons (Fsp3) is 0.455. The van der Waals surface area contributed by atoms with E-state index < -0.39 is 0 Å². The van der Waals surface area contributed by atoms with Gasteiger partial charge in [0.25, 0.3) is 5.56 Å². The number of nitrogens with zero attached hydrogens (tertiary/aromatic N) is 5. The summed E-state index contributed by atoms with van der Waals surface area (Å²) in [5.41, 5.74) is 2.39. The molecule has 9 nitrogen and oxygen atoms in total. The van der Waals surface area contributed by atoms with Gasteiger partial charge < -0.3 is 10.1 Å². The number of hydrogen-bond acceptors (Lipinski definition) is 7. The molecule has 5 rings (SSSR count). The quantitative estimate of drug-likeness (QED) is 0.562. The number of rotatable bonds is 6. The van der Waals surface area contributed by atoms with Crippen molar-refractivity contribution in [2.24, 2.45) is 0 Å². The molecule has 0 radical (unpaired) electrons. The third kappa shape index (κ3) is 4.17. The van der Waals surface area contributed by atoms with Crippen molar-refractivity contribution in [1.82, 2.24) is 29.5 Å². The lowest BCUT2D eigenvalue weighted by molar-refractivity contribution is -0.121. The fourth-order valence-electron chi connectivity index (χ4n) is 4.19. The lowest BCUT2D eigenvalue weighted by Gasteiger charge is -2.26. The highest BCUT2D eigenvalue weighted by Gasteiger charge is 2.29. The highest BCUT2D eigenvalue weighted by molar-refractivity contribution is 7.99. The Hall–Kier alpha value is -2.69. The molecule has 1 saturated heterocycles. The smallest absolute Gasteiger partial charge is 0.265 e. The van der Waals surface area contributed by atoms with Crippen molar-refractivity contribution in [2.75, 3.05) is 45.1 Å². The molecule has 1 unspecified atom stereocenters. The molecule has 1 amide bonds.